The van der Waals surface area contributed by atoms with E-state index in [1.807, 2.05) is 0 Å². The molecule has 0 amide bonds. The Morgan fingerprint density at radius 2 is 1.94 bits per heavy atom. The van der Waals surface area contributed by atoms with E-state index < -0.39 is 0 Å². The number of nitrogens with two attached hydrogens (primary N) is 1. The number of rotatable bonds is 3. The molecule has 3 nitrogen and oxygen atoms in total. The van der Waals surface area contributed by atoms with E-state index in [1.165, 1.54) is 50.5 Å². The first-order chi connectivity index (χ1) is 8.18. The Morgan fingerprint density at radius 3 is 2.41 bits per heavy atom. The van der Waals surface area contributed by atoms with Crippen molar-refractivity contribution in [1.29, 1.82) is 0 Å². The summed E-state index contributed by atoms with van der Waals surface area (Å²) in [5.74, 6) is 2.57. The molecule has 1 unspecified atom stereocenters. The molecule has 2 N–H and O–H groups in total. The molecule has 0 aromatic carbocycles. The highest BCUT2D eigenvalue weighted by Crippen LogP contribution is 2.32. The Kier molecular flexibility index (Phi) is 4.75. The Balaban J connectivity index is 1.93. The standard InChI is InChI=1S/C13H27N3S/c1-12(2)15-5-7-16(8-6-15)13(10-14)4-3-9-17-11-13/h12H,3-11,14H2,1-2H3. The minimum Gasteiger partial charge on any atom is -0.329 e. The van der Waals surface area contributed by atoms with Crippen molar-refractivity contribution in [2.45, 2.75) is 38.3 Å². The fourth-order valence-corrected chi connectivity index (χ4v) is 4.41. The quantitative estimate of drug-likeness (QED) is 0.824. The minimum absolute atomic E-state index is 0.311. The Hall–Kier alpha value is 0.230. The average molecular weight is 257 g/mol. The van der Waals surface area contributed by atoms with Crippen LogP contribution in [0.1, 0.15) is 26.7 Å². The van der Waals surface area contributed by atoms with Crippen molar-refractivity contribution in [2.75, 3.05) is 44.2 Å². The molecule has 0 saturated carbocycles. The molecule has 1 atom stereocenters. The van der Waals surface area contributed by atoms with Crippen LogP contribution in [-0.4, -0.2) is 65.6 Å². The highest BCUT2D eigenvalue weighted by molar-refractivity contribution is 7.99. The van der Waals surface area contributed by atoms with Gasteiger partial charge in [0.2, 0.25) is 0 Å². The molecule has 2 fully saturated rings. The molecule has 0 aromatic heterocycles. The summed E-state index contributed by atoms with van der Waals surface area (Å²) in [4.78, 5) is 5.26. The number of hydrogen-bond donors (Lipinski definition) is 1. The smallest absolute Gasteiger partial charge is 0.0423 e. The van der Waals surface area contributed by atoms with Crippen molar-refractivity contribution >= 4 is 11.8 Å². The maximum atomic E-state index is 6.09. The molecule has 0 aromatic rings. The van der Waals surface area contributed by atoms with E-state index in [2.05, 4.69) is 35.4 Å². The van der Waals surface area contributed by atoms with Crippen LogP contribution in [0.3, 0.4) is 0 Å². The summed E-state index contributed by atoms with van der Waals surface area (Å²) in [5.41, 5.74) is 6.41. The van der Waals surface area contributed by atoms with Crippen LogP contribution in [0.25, 0.3) is 0 Å². The van der Waals surface area contributed by atoms with Crippen molar-refractivity contribution in [2.24, 2.45) is 5.73 Å². The van der Waals surface area contributed by atoms with Crippen LogP contribution in [0.2, 0.25) is 0 Å². The fourth-order valence-electron chi connectivity index (χ4n) is 3.09. The summed E-state index contributed by atoms with van der Waals surface area (Å²) in [5, 5.41) is 0. The largest absolute Gasteiger partial charge is 0.329 e. The predicted molar refractivity (Wildman–Crippen MR) is 76.6 cm³/mol. The zero-order valence-electron chi connectivity index (χ0n) is 11.3. The van der Waals surface area contributed by atoms with Crippen LogP contribution in [-0.2, 0) is 0 Å². The van der Waals surface area contributed by atoms with Crippen LogP contribution in [0.15, 0.2) is 0 Å². The molecule has 2 heterocycles. The molecular formula is C13H27N3S. The molecule has 0 spiro atoms. The number of nitrogens with zero attached hydrogens (tertiary/aromatic N) is 2. The van der Waals surface area contributed by atoms with Gasteiger partial charge in [0.15, 0.2) is 0 Å². The lowest BCUT2D eigenvalue weighted by Gasteiger charge is -2.49. The lowest BCUT2D eigenvalue weighted by molar-refractivity contribution is 0.0316. The van der Waals surface area contributed by atoms with Crippen LogP contribution >= 0.6 is 11.8 Å². The van der Waals surface area contributed by atoms with E-state index in [0.717, 1.165) is 6.54 Å². The molecule has 100 valence electrons. The van der Waals surface area contributed by atoms with Gasteiger partial charge in [-0.05, 0) is 32.4 Å². The monoisotopic (exact) mass is 257 g/mol. The summed E-state index contributed by atoms with van der Waals surface area (Å²) in [6.07, 6.45) is 2.64. The Bertz CT molecular complexity index is 231. The van der Waals surface area contributed by atoms with Crippen LogP contribution in [0, 0.1) is 0 Å². The summed E-state index contributed by atoms with van der Waals surface area (Å²) in [7, 11) is 0. The van der Waals surface area contributed by atoms with E-state index in [-0.39, 0.29) is 0 Å². The second-order valence-electron chi connectivity index (χ2n) is 5.70. The van der Waals surface area contributed by atoms with Gasteiger partial charge in [-0.2, -0.15) is 11.8 Å². The third-order valence-corrected chi connectivity index (χ3v) is 5.72. The third kappa shape index (κ3) is 2.98. The second-order valence-corrected chi connectivity index (χ2v) is 6.81. The molecule has 0 radical (unpaired) electrons. The predicted octanol–water partition coefficient (Wildman–Crippen LogP) is 1.24. The van der Waals surface area contributed by atoms with Crippen molar-refractivity contribution < 1.29 is 0 Å². The summed E-state index contributed by atoms with van der Waals surface area (Å²) >= 11 is 2.09. The molecule has 0 bridgehead atoms. The Labute approximate surface area is 110 Å². The van der Waals surface area contributed by atoms with Gasteiger partial charge in [-0.1, -0.05) is 0 Å². The maximum absolute atomic E-state index is 6.09. The number of hydrogen-bond acceptors (Lipinski definition) is 4. The van der Waals surface area contributed by atoms with Gasteiger partial charge in [0, 0.05) is 50.1 Å². The van der Waals surface area contributed by atoms with Gasteiger partial charge in [0.1, 0.15) is 0 Å². The highest BCUT2D eigenvalue weighted by Gasteiger charge is 2.38. The fraction of sp³-hybridized carbons (Fsp3) is 1.00. The zero-order valence-corrected chi connectivity index (χ0v) is 12.1. The summed E-state index contributed by atoms with van der Waals surface area (Å²) < 4.78 is 0. The normalized spacial score (nSPS) is 33.2. The van der Waals surface area contributed by atoms with Gasteiger partial charge in [-0.25, -0.2) is 0 Å². The average Bonchev–Trinajstić information content (AvgIpc) is 2.39. The molecule has 0 aliphatic carbocycles. The van der Waals surface area contributed by atoms with Gasteiger partial charge in [-0.3, -0.25) is 9.80 Å². The first-order valence-corrected chi connectivity index (χ1v) is 8.10. The molecule has 2 aliphatic heterocycles. The summed E-state index contributed by atoms with van der Waals surface area (Å²) in [6, 6.07) is 0.687. The minimum atomic E-state index is 0.311. The third-order valence-electron chi connectivity index (χ3n) is 4.40. The highest BCUT2D eigenvalue weighted by atomic mass is 32.2. The van der Waals surface area contributed by atoms with E-state index in [9.17, 15) is 0 Å². The first kappa shape index (κ1) is 13.7. The van der Waals surface area contributed by atoms with Gasteiger partial charge in [0.25, 0.3) is 0 Å². The van der Waals surface area contributed by atoms with E-state index in [4.69, 9.17) is 5.73 Å². The van der Waals surface area contributed by atoms with Gasteiger partial charge < -0.3 is 5.73 Å². The van der Waals surface area contributed by atoms with Gasteiger partial charge in [0.05, 0.1) is 0 Å². The van der Waals surface area contributed by atoms with Gasteiger partial charge in [-0.15, -0.1) is 0 Å². The van der Waals surface area contributed by atoms with Crippen LogP contribution in [0.5, 0.6) is 0 Å². The number of thioether (sulfide) groups is 1. The van der Waals surface area contributed by atoms with Crippen LogP contribution < -0.4 is 5.73 Å². The SMILES string of the molecule is CC(C)N1CCN(C2(CN)CCCSC2)CC1. The molecule has 2 aliphatic rings. The lowest BCUT2D eigenvalue weighted by Crippen LogP contribution is -2.62. The van der Waals surface area contributed by atoms with E-state index >= 15 is 0 Å². The zero-order chi connectivity index (χ0) is 12.3. The molecule has 2 rings (SSSR count). The van der Waals surface area contributed by atoms with Crippen LogP contribution in [0.4, 0.5) is 0 Å². The van der Waals surface area contributed by atoms with Gasteiger partial charge >= 0.3 is 0 Å². The number of piperazine rings is 1. The molecule has 17 heavy (non-hydrogen) atoms. The van der Waals surface area contributed by atoms with Crippen molar-refractivity contribution in [1.82, 2.24) is 9.80 Å². The second kappa shape index (κ2) is 5.91. The van der Waals surface area contributed by atoms with E-state index in [1.54, 1.807) is 0 Å². The van der Waals surface area contributed by atoms with Crippen molar-refractivity contribution in [3.8, 4) is 0 Å². The van der Waals surface area contributed by atoms with Crippen molar-refractivity contribution in [3.05, 3.63) is 0 Å². The first-order valence-electron chi connectivity index (χ1n) is 6.95. The summed E-state index contributed by atoms with van der Waals surface area (Å²) in [6.45, 7) is 10.3. The molecule has 4 heteroatoms. The Morgan fingerprint density at radius 1 is 1.24 bits per heavy atom. The lowest BCUT2D eigenvalue weighted by atomic mass is 9.92. The molecular weight excluding hydrogens is 230 g/mol. The topological polar surface area (TPSA) is 32.5 Å². The van der Waals surface area contributed by atoms with E-state index in [0.29, 0.717) is 11.6 Å². The molecule has 2 saturated heterocycles. The maximum Gasteiger partial charge on any atom is 0.0423 e. The van der Waals surface area contributed by atoms with Crippen molar-refractivity contribution in [3.63, 3.8) is 0 Å².